The normalized spacial score (nSPS) is 11.0. The Kier molecular flexibility index (Phi) is 9.88. The van der Waals surface area contributed by atoms with Crippen molar-refractivity contribution in [2.75, 3.05) is 0 Å². The Hall–Kier alpha value is -8.15. The lowest BCUT2D eigenvalue weighted by Crippen LogP contribution is -2.01. The van der Waals surface area contributed by atoms with Gasteiger partial charge in [-0.2, -0.15) is 0 Å². The van der Waals surface area contributed by atoms with E-state index in [1.165, 1.54) is 11.1 Å². The van der Waals surface area contributed by atoms with Crippen molar-refractivity contribution in [1.29, 1.82) is 0 Å². The molecular weight excluding hydrogens is 731 g/mol. The maximum atomic E-state index is 5.14. The standard InChI is InChI=1S/C55H37N5/c1-5-16-38(17-6-1)39-28-32-41(33-29-39)48-26-13-14-27-49(48)55-59-53(44-22-11-4-12-23-44)58-54(60-55)45-34-30-40(31-35-45)46-24-15-25-47(36-46)51-37-50(42-18-7-2-8-19-42)56-52(57-51)43-20-9-3-10-21-43/h1-37H. The third-order valence-corrected chi connectivity index (χ3v) is 10.6. The van der Waals surface area contributed by atoms with E-state index in [1.54, 1.807) is 0 Å². The molecule has 10 aromatic rings. The Labute approximate surface area is 349 Å². The smallest absolute Gasteiger partial charge is 0.164 e. The molecule has 282 valence electrons. The van der Waals surface area contributed by atoms with Gasteiger partial charge in [0.1, 0.15) is 0 Å². The molecule has 5 nitrogen and oxygen atoms in total. The summed E-state index contributed by atoms with van der Waals surface area (Å²) < 4.78 is 0. The molecule has 0 unspecified atom stereocenters. The van der Waals surface area contributed by atoms with E-state index < -0.39 is 0 Å². The van der Waals surface area contributed by atoms with Crippen molar-refractivity contribution in [2.24, 2.45) is 0 Å². The van der Waals surface area contributed by atoms with Gasteiger partial charge < -0.3 is 0 Å². The van der Waals surface area contributed by atoms with Crippen LogP contribution in [0.15, 0.2) is 224 Å². The van der Waals surface area contributed by atoms with E-state index in [4.69, 9.17) is 24.9 Å². The molecule has 2 aromatic heterocycles. The number of rotatable bonds is 9. The highest BCUT2D eigenvalue weighted by molar-refractivity contribution is 5.83. The van der Waals surface area contributed by atoms with Crippen LogP contribution in [0, 0.1) is 0 Å². The van der Waals surface area contributed by atoms with Crippen molar-refractivity contribution in [2.45, 2.75) is 0 Å². The summed E-state index contributed by atoms with van der Waals surface area (Å²) in [6, 6.07) is 77.0. The second-order valence-corrected chi connectivity index (χ2v) is 14.5. The van der Waals surface area contributed by atoms with Crippen molar-refractivity contribution >= 4 is 0 Å². The Morgan fingerprint density at radius 1 is 0.183 bits per heavy atom. The molecule has 2 heterocycles. The molecule has 0 saturated carbocycles. The fourth-order valence-electron chi connectivity index (χ4n) is 7.48. The summed E-state index contributed by atoms with van der Waals surface area (Å²) >= 11 is 0. The van der Waals surface area contributed by atoms with E-state index in [1.807, 2.05) is 91.0 Å². The maximum absolute atomic E-state index is 5.14. The van der Waals surface area contributed by atoms with Crippen LogP contribution in [0.4, 0.5) is 0 Å². The molecular formula is C55H37N5. The first-order valence-electron chi connectivity index (χ1n) is 20.0. The van der Waals surface area contributed by atoms with Gasteiger partial charge in [0.05, 0.1) is 11.4 Å². The van der Waals surface area contributed by atoms with Gasteiger partial charge in [-0.25, -0.2) is 24.9 Å². The Bertz CT molecular complexity index is 2990. The largest absolute Gasteiger partial charge is 0.228 e. The first-order chi connectivity index (χ1) is 29.7. The minimum absolute atomic E-state index is 0.608. The van der Waals surface area contributed by atoms with E-state index in [-0.39, 0.29) is 0 Å². The molecule has 0 aliphatic carbocycles. The van der Waals surface area contributed by atoms with Crippen molar-refractivity contribution in [3.05, 3.63) is 224 Å². The predicted molar refractivity (Wildman–Crippen MR) is 244 cm³/mol. The van der Waals surface area contributed by atoms with Crippen molar-refractivity contribution in [1.82, 2.24) is 24.9 Å². The monoisotopic (exact) mass is 767 g/mol. The minimum Gasteiger partial charge on any atom is -0.228 e. The molecule has 0 fully saturated rings. The summed E-state index contributed by atoms with van der Waals surface area (Å²) in [5, 5.41) is 0. The zero-order chi connectivity index (χ0) is 40.1. The topological polar surface area (TPSA) is 64.5 Å². The molecule has 8 aromatic carbocycles. The summed E-state index contributed by atoms with van der Waals surface area (Å²) in [5.74, 6) is 2.54. The third-order valence-electron chi connectivity index (χ3n) is 10.6. The molecule has 60 heavy (non-hydrogen) atoms. The maximum Gasteiger partial charge on any atom is 0.164 e. The van der Waals surface area contributed by atoms with Crippen LogP contribution in [-0.4, -0.2) is 24.9 Å². The molecule has 0 aliphatic rings. The van der Waals surface area contributed by atoms with E-state index in [2.05, 4.69) is 133 Å². The molecule has 0 radical (unpaired) electrons. The third kappa shape index (κ3) is 7.63. The lowest BCUT2D eigenvalue weighted by Gasteiger charge is -2.13. The van der Waals surface area contributed by atoms with Crippen LogP contribution < -0.4 is 0 Å². The van der Waals surface area contributed by atoms with Gasteiger partial charge in [-0.15, -0.1) is 0 Å². The Morgan fingerprint density at radius 2 is 0.533 bits per heavy atom. The second kappa shape index (κ2) is 16.4. The summed E-state index contributed by atoms with van der Waals surface area (Å²) in [7, 11) is 0. The lowest BCUT2D eigenvalue weighted by molar-refractivity contribution is 1.07. The first kappa shape index (κ1) is 36.2. The Morgan fingerprint density at radius 3 is 1.12 bits per heavy atom. The molecule has 0 N–H and O–H groups in total. The van der Waals surface area contributed by atoms with Gasteiger partial charge in [0.15, 0.2) is 23.3 Å². The fourth-order valence-corrected chi connectivity index (χ4v) is 7.48. The highest BCUT2D eigenvalue weighted by atomic mass is 15.0. The van der Waals surface area contributed by atoms with Gasteiger partial charge in [0.2, 0.25) is 0 Å². The molecule has 10 rings (SSSR count). The number of aromatic nitrogens is 5. The van der Waals surface area contributed by atoms with E-state index >= 15 is 0 Å². The summed E-state index contributed by atoms with van der Waals surface area (Å²) in [5.41, 5.74) is 14.2. The van der Waals surface area contributed by atoms with Crippen LogP contribution in [0.2, 0.25) is 0 Å². The van der Waals surface area contributed by atoms with Crippen LogP contribution in [-0.2, 0) is 0 Å². The van der Waals surface area contributed by atoms with Gasteiger partial charge in [0.25, 0.3) is 0 Å². The quantitative estimate of drug-likeness (QED) is 0.146. The molecule has 0 aliphatic heterocycles. The average molecular weight is 768 g/mol. The SMILES string of the molecule is c1ccc(-c2ccc(-c3ccccc3-c3nc(-c4ccccc4)nc(-c4ccc(-c5cccc(-c6cc(-c7ccccc7)nc(-c7ccccc7)n6)c5)cc4)n3)cc2)cc1. The number of nitrogens with zero attached hydrogens (tertiary/aromatic N) is 5. The summed E-state index contributed by atoms with van der Waals surface area (Å²) in [4.78, 5) is 25.3. The van der Waals surface area contributed by atoms with Gasteiger partial charge in [-0.3, -0.25) is 0 Å². The summed E-state index contributed by atoms with van der Waals surface area (Å²) in [6.07, 6.45) is 0. The van der Waals surface area contributed by atoms with E-state index in [0.717, 1.165) is 67.0 Å². The molecule has 0 saturated heterocycles. The minimum atomic E-state index is 0.608. The molecule has 0 bridgehead atoms. The number of hydrogen-bond acceptors (Lipinski definition) is 5. The predicted octanol–water partition coefficient (Wildman–Crippen LogP) is 13.7. The van der Waals surface area contributed by atoms with Crippen LogP contribution >= 0.6 is 0 Å². The molecule has 5 heteroatoms. The zero-order valence-corrected chi connectivity index (χ0v) is 32.6. The van der Waals surface area contributed by atoms with Crippen LogP contribution in [0.3, 0.4) is 0 Å². The average Bonchev–Trinajstić information content (AvgIpc) is 3.35. The van der Waals surface area contributed by atoms with Crippen LogP contribution in [0.25, 0.3) is 101 Å². The highest BCUT2D eigenvalue weighted by Gasteiger charge is 2.17. The highest BCUT2D eigenvalue weighted by Crippen LogP contribution is 2.35. The fraction of sp³-hybridized carbons (Fsp3) is 0. The molecule has 0 spiro atoms. The van der Waals surface area contributed by atoms with Crippen LogP contribution in [0.1, 0.15) is 0 Å². The van der Waals surface area contributed by atoms with Gasteiger partial charge in [-0.1, -0.05) is 212 Å². The zero-order valence-electron chi connectivity index (χ0n) is 32.6. The number of hydrogen-bond donors (Lipinski definition) is 0. The molecule has 0 amide bonds. The van der Waals surface area contributed by atoms with E-state index in [9.17, 15) is 0 Å². The van der Waals surface area contributed by atoms with Crippen molar-refractivity contribution in [3.63, 3.8) is 0 Å². The van der Waals surface area contributed by atoms with Crippen molar-refractivity contribution in [3.8, 4) is 101 Å². The van der Waals surface area contributed by atoms with E-state index in [0.29, 0.717) is 23.3 Å². The van der Waals surface area contributed by atoms with Crippen molar-refractivity contribution < 1.29 is 0 Å². The number of benzene rings is 8. The van der Waals surface area contributed by atoms with Gasteiger partial charge in [-0.05, 0) is 45.5 Å². The van der Waals surface area contributed by atoms with Crippen LogP contribution in [0.5, 0.6) is 0 Å². The van der Waals surface area contributed by atoms with Gasteiger partial charge >= 0.3 is 0 Å². The molecule has 0 atom stereocenters. The van der Waals surface area contributed by atoms with Gasteiger partial charge in [0, 0.05) is 33.4 Å². The Balaban J connectivity index is 1.00. The lowest BCUT2D eigenvalue weighted by atomic mass is 9.96. The second-order valence-electron chi connectivity index (χ2n) is 14.5. The summed E-state index contributed by atoms with van der Waals surface area (Å²) in [6.45, 7) is 0. The first-order valence-corrected chi connectivity index (χ1v) is 20.0.